The molecule has 0 unspecified atom stereocenters. The fraction of sp³-hybridized carbons (Fsp3) is 0.333. The molecule has 5 rings (SSSR count). The Hall–Kier alpha value is -3.33. The van der Waals surface area contributed by atoms with Gasteiger partial charge in [-0.2, -0.15) is 0 Å². The van der Waals surface area contributed by atoms with E-state index in [9.17, 15) is 9.59 Å². The van der Waals surface area contributed by atoms with E-state index in [0.717, 1.165) is 12.1 Å². The summed E-state index contributed by atoms with van der Waals surface area (Å²) in [7, 11) is 3.42. The SMILES string of the molecule is COc1ccc(C)cc1-n1c(=O)c2ccccc2n2c(SCC(=O)N(C)CC3CC3)nnc12. The van der Waals surface area contributed by atoms with Gasteiger partial charge in [-0.3, -0.25) is 14.0 Å². The maximum atomic E-state index is 13.6. The predicted molar refractivity (Wildman–Crippen MR) is 128 cm³/mol. The molecule has 33 heavy (non-hydrogen) atoms. The van der Waals surface area contributed by atoms with Crippen LogP contribution in [0.3, 0.4) is 0 Å². The molecular formula is C24H25N5O3S. The molecule has 1 amide bonds. The lowest BCUT2D eigenvalue weighted by molar-refractivity contribution is -0.127. The van der Waals surface area contributed by atoms with E-state index in [1.165, 1.54) is 29.2 Å². The molecule has 9 heteroatoms. The van der Waals surface area contributed by atoms with Gasteiger partial charge in [0.25, 0.3) is 5.56 Å². The Morgan fingerprint density at radius 1 is 1.21 bits per heavy atom. The number of hydrogen-bond donors (Lipinski definition) is 0. The van der Waals surface area contributed by atoms with Gasteiger partial charge in [0.2, 0.25) is 11.7 Å². The van der Waals surface area contributed by atoms with Crippen molar-refractivity contribution in [3.05, 3.63) is 58.4 Å². The van der Waals surface area contributed by atoms with Gasteiger partial charge in [0.05, 0.1) is 29.5 Å². The van der Waals surface area contributed by atoms with E-state index < -0.39 is 0 Å². The van der Waals surface area contributed by atoms with Crippen LogP contribution in [0.1, 0.15) is 18.4 Å². The highest BCUT2D eigenvalue weighted by molar-refractivity contribution is 7.99. The molecule has 8 nitrogen and oxygen atoms in total. The summed E-state index contributed by atoms with van der Waals surface area (Å²) in [5.74, 6) is 1.89. The average Bonchev–Trinajstić information content (AvgIpc) is 3.54. The Labute approximate surface area is 195 Å². The van der Waals surface area contributed by atoms with Gasteiger partial charge in [0.15, 0.2) is 5.16 Å². The third-order valence-corrected chi connectivity index (χ3v) is 6.86. The molecule has 1 aliphatic carbocycles. The largest absolute Gasteiger partial charge is 0.495 e. The molecule has 1 saturated carbocycles. The molecule has 0 bridgehead atoms. The number of methoxy groups -OCH3 is 1. The van der Waals surface area contributed by atoms with E-state index in [1.54, 1.807) is 18.1 Å². The predicted octanol–water partition coefficient (Wildman–Crippen LogP) is 3.31. The zero-order chi connectivity index (χ0) is 23.1. The quantitative estimate of drug-likeness (QED) is 0.391. The van der Waals surface area contributed by atoms with Gasteiger partial charge in [-0.05, 0) is 55.5 Å². The summed E-state index contributed by atoms with van der Waals surface area (Å²) in [6.45, 7) is 2.76. The van der Waals surface area contributed by atoms with Gasteiger partial charge < -0.3 is 9.64 Å². The molecule has 4 aromatic rings. The van der Waals surface area contributed by atoms with E-state index in [0.29, 0.717) is 39.2 Å². The first-order valence-electron chi connectivity index (χ1n) is 10.9. The van der Waals surface area contributed by atoms with E-state index >= 15 is 0 Å². The minimum Gasteiger partial charge on any atom is -0.495 e. The van der Waals surface area contributed by atoms with Crippen molar-refractivity contribution in [3.8, 4) is 11.4 Å². The standard InChI is InChI=1S/C24H25N5O3S/c1-15-8-11-20(32-3)19(12-15)28-22(31)17-6-4-5-7-18(17)29-23(28)25-26-24(29)33-14-21(30)27(2)13-16-9-10-16/h4-8,11-12,16H,9-10,13-14H2,1-3H3. The number of fused-ring (bicyclic) bond motifs is 3. The first kappa shape index (κ1) is 21.5. The maximum Gasteiger partial charge on any atom is 0.267 e. The van der Waals surface area contributed by atoms with Crippen LogP contribution in [-0.2, 0) is 4.79 Å². The number of nitrogens with zero attached hydrogens (tertiary/aromatic N) is 5. The van der Waals surface area contributed by atoms with E-state index in [4.69, 9.17) is 4.74 Å². The summed E-state index contributed by atoms with van der Waals surface area (Å²) in [5.41, 5.74) is 2.09. The Morgan fingerprint density at radius 2 is 2.00 bits per heavy atom. The Kier molecular flexibility index (Phi) is 5.57. The molecule has 2 aromatic heterocycles. The van der Waals surface area contributed by atoms with Crippen molar-refractivity contribution in [3.63, 3.8) is 0 Å². The summed E-state index contributed by atoms with van der Waals surface area (Å²) in [5, 5.41) is 9.83. The second kappa shape index (κ2) is 8.55. The third-order valence-electron chi connectivity index (χ3n) is 5.95. The van der Waals surface area contributed by atoms with Gasteiger partial charge in [0.1, 0.15) is 5.75 Å². The number of carbonyl (C=O) groups excluding carboxylic acids is 1. The fourth-order valence-corrected chi connectivity index (χ4v) is 4.87. The summed E-state index contributed by atoms with van der Waals surface area (Å²) >= 11 is 1.33. The first-order valence-corrected chi connectivity index (χ1v) is 11.9. The van der Waals surface area contributed by atoms with Crippen molar-refractivity contribution < 1.29 is 9.53 Å². The van der Waals surface area contributed by atoms with Crippen LogP contribution < -0.4 is 10.3 Å². The summed E-state index contributed by atoms with van der Waals surface area (Å²) in [4.78, 5) is 28.0. The van der Waals surface area contributed by atoms with Crippen LogP contribution in [0.5, 0.6) is 5.75 Å². The molecular weight excluding hydrogens is 438 g/mol. The van der Waals surface area contributed by atoms with E-state index in [1.807, 2.05) is 54.8 Å². The van der Waals surface area contributed by atoms with Crippen LogP contribution in [0, 0.1) is 12.8 Å². The molecule has 1 fully saturated rings. The minimum atomic E-state index is -0.203. The van der Waals surface area contributed by atoms with Crippen LogP contribution in [0.2, 0.25) is 0 Å². The molecule has 1 aliphatic rings. The molecule has 2 aromatic carbocycles. The van der Waals surface area contributed by atoms with Gasteiger partial charge in [-0.15, -0.1) is 10.2 Å². The van der Waals surface area contributed by atoms with E-state index in [2.05, 4.69) is 10.2 Å². The Morgan fingerprint density at radius 3 is 2.76 bits per heavy atom. The molecule has 0 spiro atoms. The van der Waals surface area contributed by atoms with Crippen LogP contribution >= 0.6 is 11.8 Å². The fourth-order valence-electron chi connectivity index (χ4n) is 3.99. The van der Waals surface area contributed by atoms with Crippen LogP contribution in [0.15, 0.2) is 52.4 Å². The monoisotopic (exact) mass is 463 g/mol. The lowest BCUT2D eigenvalue weighted by Gasteiger charge is -2.16. The zero-order valence-corrected chi connectivity index (χ0v) is 19.6. The highest BCUT2D eigenvalue weighted by Gasteiger charge is 2.25. The lowest BCUT2D eigenvalue weighted by Crippen LogP contribution is -2.30. The number of benzene rings is 2. The minimum absolute atomic E-state index is 0.0571. The van der Waals surface area contributed by atoms with Gasteiger partial charge >= 0.3 is 0 Å². The Bertz CT molecular complexity index is 1420. The average molecular weight is 464 g/mol. The highest BCUT2D eigenvalue weighted by atomic mass is 32.2. The first-order chi connectivity index (χ1) is 16.0. The molecule has 0 aliphatic heterocycles. The zero-order valence-electron chi connectivity index (χ0n) is 18.8. The van der Waals surface area contributed by atoms with Crippen molar-refractivity contribution in [1.29, 1.82) is 0 Å². The second-order valence-corrected chi connectivity index (χ2v) is 9.40. The van der Waals surface area contributed by atoms with Crippen molar-refractivity contribution in [2.24, 2.45) is 5.92 Å². The number of rotatable bonds is 7. The smallest absolute Gasteiger partial charge is 0.267 e. The normalized spacial score (nSPS) is 13.5. The highest BCUT2D eigenvalue weighted by Crippen LogP contribution is 2.30. The van der Waals surface area contributed by atoms with Crippen molar-refractivity contribution in [2.75, 3.05) is 26.5 Å². The summed E-state index contributed by atoms with van der Waals surface area (Å²) in [6, 6.07) is 13.0. The van der Waals surface area contributed by atoms with Crippen LogP contribution in [-0.4, -0.2) is 56.4 Å². The van der Waals surface area contributed by atoms with Crippen molar-refractivity contribution in [2.45, 2.75) is 24.9 Å². The number of thioether (sulfide) groups is 1. The number of para-hydroxylation sites is 1. The second-order valence-electron chi connectivity index (χ2n) is 8.46. The number of hydrogen-bond acceptors (Lipinski definition) is 6. The van der Waals surface area contributed by atoms with Gasteiger partial charge in [-0.1, -0.05) is 30.0 Å². The molecule has 0 atom stereocenters. The third kappa shape index (κ3) is 3.97. The summed E-state index contributed by atoms with van der Waals surface area (Å²) in [6.07, 6.45) is 2.40. The van der Waals surface area contributed by atoms with Crippen molar-refractivity contribution in [1.82, 2.24) is 24.1 Å². The lowest BCUT2D eigenvalue weighted by atomic mass is 10.2. The Balaban J connectivity index is 1.63. The molecule has 0 radical (unpaired) electrons. The number of ether oxygens (including phenoxy) is 1. The topological polar surface area (TPSA) is 81.7 Å². The number of amides is 1. The molecule has 0 saturated heterocycles. The van der Waals surface area contributed by atoms with Crippen LogP contribution in [0.4, 0.5) is 0 Å². The maximum absolute atomic E-state index is 13.6. The van der Waals surface area contributed by atoms with Gasteiger partial charge in [0, 0.05) is 13.6 Å². The van der Waals surface area contributed by atoms with Crippen LogP contribution in [0.25, 0.3) is 22.4 Å². The number of aromatic nitrogens is 4. The van der Waals surface area contributed by atoms with Gasteiger partial charge in [-0.25, -0.2) is 4.57 Å². The summed E-state index contributed by atoms with van der Waals surface area (Å²) < 4.78 is 8.93. The van der Waals surface area contributed by atoms with E-state index in [-0.39, 0.29) is 17.2 Å². The molecule has 170 valence electrons. The van der Waals surface area contributed by atoms with Crippen molar-refractivity contribution >= 4 is 34.3 Å². The number of aryl methyl sites for hydroxylation is 1. The number of carbonyl (C=O) groups is 1. The molecule has 2 heterocycles. The molecule has 0 N–H and O–H groups in total.